The van der Waals surface area contributed by atoms with Crippen molar-refractivity contribution in [3.8, 4) is 0 Å². The van der Waals surface area contributed by atoms with Crippen LogP contribution in [0.15, 0.2) is 41.2 Å². The van der Waals surface area contributed by atoms with Gasteiger partial charge in [-0.1, -0.05) is 30.3 Å². The second-order valence-corrected chi connectivity index (χ2v) is 5.86. The molecular weight excluding hydrogens is 322 g/mol. The molecule has 25 heavy (non-hydrogen) atoms. The van der Waals surface area contributed by atoms with E-state index < -0.39 is 5.56 Å². The van der Waals surface area contributed by atoms with Crippen molar-refractivity contribution in [2.24, 2.45) is 0 Å². The molecule has 0 aliphatic carbocycles. The minimum absolute atomic E-state index is 0.142. The highest BCUT2D eigenvalue weighted by molar-refractivity contribution is 6.19. The lowest BCUT2D eigenvalue weighted by molar-refractivity contribution is -0.121. The topological polar surface area (TPSA) is 100 Å². The number of H-pyrrole nitrogens is 1. The average Bonchev–Trinajstić information content (AvgIpc) is 3.16. The number of nitrogens with one attached hydrogen (secondary N) is 1. The fourth-order valence-electron chi connectivity index (χ4n) is 2.92. The molecule has 0 radical (unpaired) electrons. The first-order chi connectivity index (χ1) is 12.1. The van der Waals surface area contributed by atoms with Gasteiger partial charge in [-0.2, -0.15) is 9.50 Å². The lowest BCUT2D eigenvalue weighted by Gasteiger charge is -2.13. The molecular formula is C17H15N5O3. The molecule has 4 rings (SSSR count). The van der Waals surface area contributed by atoms with Crippen molar-refractivity contribution in [3.63, 3.8) is 0 Å². The molecule has 3 heterocycles. The average molecular weight is 337 g/mol. The maximum atomic E-state index is 12.0. The zero-order chi connectivity index (χ0) is 17.4. The first-order valence-electron chi connectivity index (χ1n) is 8.00. The highest BCUT2D eigenvalue weighted by atomic mass is 16.2. The van der Waals surface area contributed by atoms with Gasteiger partial charge < -0.3 is 0 Å². The normalized spacial score (nSPS) is 14.6. The number of hydrogen-bond acceptors (Lipinski definition) is 5. The largest absolute Gasteiger partial charge is 0.291 e. The van der Waals surface area contributed by atoms with E-state index in [0.717, 1.165) is 16.9 Å². The predicted molar refractivity (Wildman–Crippen MR) is 89.2 cm³/mol. The molecule has 1 saturated heterocycles. The Balaban J connectivity index is 1.70. The molecule has 2 aromatic heterocycles. The molecule has 0 saturated carbocycles. The Kier molecular flexibility index (Phi) is 3.64. The summed E-state index contributed by atoms with van der Waals surface area (Å²) in [7, 11) is 0. The van der Waals surface area contributed by atoms with Crippen molar-refractivity contribution in [1.82, 2.24) is 19.6 Å². The molecule has 0 spiro atoms. The van der Waals surface area contributed by atoms with Gasteiger partial charge in [0.15, 0.2) is 11.6 Å². The fourth-order valence-corrected chi connectivity index (χ4v) is 2.92. The number of nitrogens with zero attached hydrogens (tertiary/aromatic N) is 4. The number of aryl methyl sites for hydroxylation is 2. The summed E-state index contributed by atoms with van der Waals surface area (Å²) in [6, 6.07) is 11.1. The third-order valence-corrected chi connectivity index (χ3v) is 4.12. The van der Waals surface area contributed by atoms with Gasteiger partial charge in [-0.15, -0.1) is 5.10 Å². The summed E-state index contributed by atoms with van der Waals surface area (Å²) >= 11 is 0. The number of imide groups is 1. The van der Waals surface area contributed by atoms with Crippen molar-refractivity contribution in [3.05, 3.63) is 58.1 Å². The molecule has 2 amide bonds. The Labute approximate surface area is 142 Å². The van der Waals surface area contributed by atoms with E-state index in [1.54, 1.807) is 0 Å². The van der Waals surface area contributed by atoms with Gasteiger partial charge in [0.05, 0.1) is 0 Å². The molecule has 8 nitrogen and oxygen atoms in total. The van der Waals surface area contributed by atoms with Crippen LogP contribution in [0.1, 0.15) is 24.2 Å². The molecule has 0 atom stereocenters. The summed E-state index contributed by atoms with van der Waals surface area (Å²) in [5.41, 5.74) is 0.719. The van der Waals surface area contributed by atoms with Gasteiger partial charge >= 0.3 is 0 Å². The number of anilines is 1. The SMILES string of the molecule is O=C1CCC(=O)N1c1cc(=O)[nH]c2nc(CCc3ccccc3)nn12. The smallest absolute Gasteiger partial charge is 0.254 e. The third kappa shape index (κ3) is 2.82. The Morgan fingerprint density at radius 3 is 2.44 bits per heavy atom. The van der Waals surface area contributed by atoms with E-state index in [1.807, 2.05) is 30.3 Å². The van der Waals surface area contributed by atoms with Crippen molar-refractivity contribution >= 4 is 23.4 Å². The highest BCUT2D eigenvalue weighted by Crippen LogP contribution is 2.21. The second kappa shape index (κ2) is 5.97. The fraction of sp³-hybridized carbons (Fsp3) is 0.235. The molecule has 0 bridgehead atoms. The minimum Gasteiger partial charge on any atom is -0.291 e. The highest BCUT2D eigenvalue weighted by Gasteiger charge is 2.32. The van der Waals surface area contributed by atoms with Crippen LogP contribution in [0.2, 0.25) is 0 Å². The van der Waals surface area contributed by atoms with E-state index in [0.29, 0.717) is 12.2 Å². The molecule has 1 aromatic carbocycles. The summed E-state index contributed by atoms with van der Waals surface area (Å²) in [4.78, 5) is 43.8. The Hall–Kier alpha value is -3.29. The Bertz CT molecular complexity index is 1010. The van der Waals surface area contributed by atoms with Crippen LogP contribution in [0, 0.1) is 0 Å². The van der Waals surface area contributed by atoms with E-state index in [-0.39, 0.29) is 36.3 Å². The van der Waals surface area contributed by atoms with Crippen LogP contribution in [0.5, 0.6) is 0 Å². The standard InChI is InChI=1S/C17H15N5O3/c23-13-10-14(21-15(24)8-9-16(21)25)22-17(19-13)18-12(20-22)7-6-11-4-2-1-3-5-11/h1-5,10H,6-9H2,(H,18,19,20,23). The second-order valence-electron chi connectivity index (χ2n) is 5.86. The third-order valence-electron chi connectivity index (χ3n) is 4.12. The first-order valence-corrected chi connectivity index (χ1v) is 8.00. The van der Waals surface area contributed by atoms with E-state index >= 15 is 0 Å². The maximum absolute atomic E-state index is 12.0. The maximum Gasteiger partial charge on any atom is 0.254 e. The zero-order valence-corrected chi connectivity index (χ0v) is 13.3. The lowest BCUT2D eigenvalue weighted by atomic mass is 10.1. The van der Waals surface area contributed by atoms with Crippen molar-refractivity contribution < 1.29 is 9.59 Å². The number of benzene rings is 1. The van der Waals surface area contributed by atoms with Gasteiger partial charge in [-0.05, 0) is 12.0 Å². The molecule has 1 aliphatic rings. The lowest BCUT2D eigenvalue weighted by Crippen LogP contribution is -2.32. The molecule has 1 fully saturated rings. The number of amides is 2. The number of hydrogen-bond donors (Lipinski definition) is 1. The first kappa shape index (κ1) is 15.3. The molecule has 1 aliphatic heterocycles. The van der Waals surface area contributed by atoms with Crippen LogP contribution in [0.3, 0.4) is 0 Å². The monoisotopic (exact) mass is 337 g/mol. The van der Waals surface area contributed by atoms with Crippen molar-refractivity contribution in [2.75, 3.05) is 4.90 Å². The van der Waals surface area contributed by atoms with E-state index in [2.05, 4.69) is 15.1 Å². The molecule has 0 unspecified atom stereocenters. The number of carbonyl (C=O) groups excluding carboxylic acids is 2. The minimum atomic E-state index is -0.433. The van der Waals surface area contributed by atoms with Gasteiger partial charge in [0, 0.05) is 25.3 Å². The molecule has 1 N–H and O–H groups in total. The number of rotatable bonds is 4. The van der Waals surface area contributed by atoms with Crippen LogP contribution in [0.4, 0.5) is 5.82 Å². The predicted octanol–water partition coefficient (Wildman–Crippen LogP) is 0.856. The summed E-state index contributed by atoms with van der Waals surface area (Å²) in [6.07, 6.45) is 1.61. The van der Waals surface area contributed by atoms with E-state index in [4.69, 9.17) is 0 Å². The van der Waals surface area contributed by atoms with Crippen molar-refractivity contribution in [2.45, 2.75) is 25.7 Å². The van der Waals surface area contributed by atoms with Crippen LogP contribution < -0.4 is 10.5 Å². The van der Waals surface area contributed by atoms with E-state index in [1.165, 1.54) is 10.6 Å². The summed E-state index contributed by atoms with van der Waals surface area (Å²) in [6.45, 7) is 0. The quantitative estimate of drug-likeness (QED) is 0.712. The zero-order valence-electron chi connectivity index (χ0n) is 13.3. The molecule has 126 valence electrons. The summed E-state index contributed by atoms with van der Waals surface area (Å²) in [5.74, 6) is 0.227. The number of carbonyl (C=O) groups is 2. The summed E-state index contributed by atoms with van der Waals surface area (Å²) < 4.78 is 1.35. The Morgan fingerprint density at radius 1 is 1.00 bits per heavy atom. The number of aromatic nitrogens is 4. The van der Waals surface area contributed by atoms with E-state index in [9.17, 15) is 14.4 Å². The number of fused-ring (bicyclic) bond motifs is 1. The van der Waals surface area contributed by atoms with Crippen LogP contribution in [0.25, 0.3) is 5.78 Å². The van der Waals surface area contributed by atoms with Crippen molar-refractivity contribution in [1.29, 1.82) is 0 Å². The van der Waals surface area contributed by atoms with Crippen LogP contribution >= 0.6 is 0 Å². The van der Waals surface area contributed by atoms with Gasteiger partial charge in [0.2, 0.25) is 17.6 Å². The van der Waals surface area contributed by atoms with Gasteiger partial charge in [0.25, 0.3) is 5.56 Å². The molecule has 3 aromatic rings. The van der Waals surface area contributed by atoms with Gasteiger partial charge in [-0.3, -0.25) is 19.4 Å². The van der Waals surface area contributed by atoms with Crippen LogP contribution in [-0.4, -0.2) is 31.4 Å². The number of aromatic amines is 1. The summed E-state index contributed by atoms with van der Waals surface area (Å²) in [5, 5.41) is 4.37. The molecule has 8 heteroatoms. The van der Waals surface area contributed by atoms with Crippen LogP contribution in [-0.2, 0) is 22.4 Å². The van der Waals surface area contributed by atoms with Gasteiger partial charge in [-0.25, -0.2) is 4.90 Å². The Morgan fingerprint density at radius 2 is 1.72 bits per heavy atom. The van der Waals surface area contributed by atoms with Gasteiger partial charge in [0.1, 0.15) is 0 Å².